The van der Waals surface area contributed by atoms with E-state index in [2.05, 4.69) is 150 Å². The van der Waals surface area contributed by atoms with E-state index >= 15 is 0 Å². The Morgan fingerprint density at radius 1 is 0.650 bits per heavy atom. The van der Waals surface area contributed by atoms with Crippen molar-refractivity contribution >= 4 is 11.8 Å². The van der Waals surface area contributed by atoms with Gasteiger partial charge in [0, 0.05) is 31.9 Å². The molecule has 0 amide bonds. The third-order valence-corrected chi connectivity index (χ3v) is 9.07. The average molecular weight is 821 g/mol. The monoisotopic (exact) mass is 821 g/mol. The topological polar surface area (TPSA) is 24.9 Å². The SMILES string of the molecule is C.C.C#CC.C/C=C/C.C/C=C/c1ccccc1.CC.CC(C)c1ccc(N2CCN(C)CC2)cc1.CC(C)c1ccc2c(c1)OCO2.CC1CC1.Cc1ccc(C)cc1. The van der Waals surface area contributed by atoms with Crippen LogP contribution in [0.4, 0.5) is 5.69 Å². The molecule has 60 heavy (non-hydrogen) atoms. The van der Waals surface area contributed by atoms with Gasteiger partial charge in [0.2, 0.25) is 6.79 Å². The van der Waals surface area contributed by atoms with Crippen LogP contribution in [-0.4, -0.2) is 44.9 Å². The summed E-state index contributed by atoms with van der Waals surface area (Å²) in [4.78, 5) is 4.86. The molecule has 4 heteroatoms. The summed E-state index contributed by atoms with van der Waals surface area (Å²) in [5.41, 5.74) is 8.01. The molecule has 3 aliphatic rings. The Morgan fingerprint density at radius 3 is 1.48 bits per heavy atom. The molecule has 0 radical (unpaired) electrons. The first kappa shape index (κ1) is 59.6. The second-order valence-corrected chi connectivity index (χ2v) is 15.0. The van der Waals surface area contributed by atoms with Crippen LogP contribution in [-0.2, 0) is 0 Å². The number of aryl methyl sites for hydroxylation is 2. The van der Waals surface area contributed by atoms with Crippen molar-refractivity contribution < 1.29 is 9.47 Å². The lowest BCUT2D eigenvalue weighted by atomic mass is 10.0. The highest BCUT2D eigenvalue weighted by molar-refractivity contribution is 5.49. The zero-order valence-electron chi connectivity index (χ0n) is 39.0. The van der Waals surface area contributed by atoms with Gasteiger partial charge in [-0.25, -0.2) is 0 Å². The van der Waals surface area contributed by atoms with Crippen LogP contribution in [0.15, 0.2) is 115 Å². The number of ether oxygens (including phenoxy) is 2. The van der Waals surface area contributed by atoms with Crippen molar-refractivity contribution in [1.29, 1.82) is 0 Å². The van der Waals surface area contributed by atoms with E-state index in [4.69, 9.17) is 9.47 Å². The molecule has 4 aromatic rings. The molecule has 4 nitrogen and oxygen atoms in total. The van der Waals surface area contributed by atoms with Gasteiger partial charge in [0.15, 0.2) is 11.5 Å². The number of benzene rings is 4. The molecule has 1 saturated carbocycles. The Labute approximate surface area is 372 Å². The molecule has 2 heterocycles. The number of piperazine rings is 1. The van der Waals surface area contributed by atoms with Gasteiger partial charge >= 0.3 is 0 Å². The molecular weight excluding hydrogens is 733 g/mol. The van der Waals surface area contributed by atoms with Crippen molar-refractivity contribution in [3.63, 3.8) is 0 Å². The molecule has 0 unspecified atom stereocenters. The number of nitrogens with zero attached hydrogens (tertiary/aromatic N) is 2. The lowest BCUT2D eigenvalue weighted by Crippen LogP contribution is -2.44. The summed E-state index contributed by atoms with van der Waals surface area (Å²) in [5, 5.41) is 0. The molecule has 0 spiro atoms. The predicted octanol–water partition coefficient (Wildman–Crippen LogP) is 16.1. The van der Waals surface area contributed by atoms with Gasteiger partial charge in [0.25, 0.3) is 0 Å². The summed E-state index contributed by atoms with van der Waals surface area (Å²) in [6.07, 6.45) is 15.7. The van der Waals surface area contributed by atoms with Crippen LogP contribution in [0.2, 0.25) is 0 Å². The van der Waals surface area contributed by atoms with Gasteiger partial charge in [0.1, 0.15) is 0 Å². The van der Waals surface area contributed by atoms with Crippen molar-refractivity contribution in [1.82, 2.24) is 4.90 Å². The second-order valence-electron chi connectivity index (χ2n) is 15.0. The van der Waals surface area contributed by atoms with E-state index < -0.39 is 0 Å². The number of anilines is 1. The molecule has 7 rings (SSSR count). The highest BCUT2D eigenvalue weighted by atomic mass is 16.7. The van der Waals surface area contributed by atoms with E-state index in [9.17, 15) is 0 Å². The Kier molecular flexibility index (Phi) is 37.0. The van der Waals surface area contributed by atoms with Gasteiger partial charge in [-0.15, -0.1) is 12.3 Å². The fourth-order valence-corrected chi connectivity index (χ4v) is 4.97. The number of hydrogen-bond donors (Lipinski definition) is 0. The Balaban J connectivity index is -0.000000664. The standard InChI is InChI=1S/C14H22N2.C10H12O2.C9H10.C8H10.2C4H8.C3H4.C2H6.2CH4/c1-12(2)13-4-6-14(7-5-13)16-10-8-15(3)9-11-16;1-7(2)8-3-4-9-10(5-8)12-6-11-9;1-2-6-9-7-4-3-5-8-9;1-7-3-5-8(2)6-4-7;1-4-2-3-4;1-3-4-2;1-3-2;1-2;;/h4-7,12H,8-11H2,1-3H3;3-5,7H,6H2,1-2H3;2-8H,1H3;3-6H,1-2H3;4H,2-3H2,1H3;3-4H,1-2H3;1H,2H3;1-2H3;2*1H4/b;;6-2+;;;4-3+;;;;. The van der Waals surface area contributed by atoms with Crippen molar-refractivity contribution in [3.05, 3.63) is 143 Å². The number of likely N-dealkylation sites (N-methyl/N-ethyl adjacent to an activating group) is 1. The number of hydrogen-bond acceptors (Lipinski definition) is 4. The quantitative estimate of drug-likeness (QED) is 0.151. The van der Waals surface area contributed by atoms with Crippen LogP contribution in [0.25, 0.3) is 6.08 Å². The van der Waals surface area contributed by atoms with Crippen molar-refractivity contribution in [3.8, 4) is 23.8 Å². The minimum atomic E-state index is 0. The van der Waals surface area contributed by atoms with Gasteiger partial charge in [-0.3, -0.25) is 0 Å². The van der Waals surface area contributed by atoms with Crippen LogP contribution in [0.3, 0.4) is 0 Å². The smallest absolute Gasteiger partial charge is 0.231 e. The van der Waals surface area contributed by atoms with E-state index in [1.165, 1.54) is 59.4 Å². The van der Waals surface area contributed by atoms with Gasteiger partial charge in [-0.1, -0.05) is 184 Å². The molecular formula is C56H88N2O2. The van der Waals surface area contributed by atoms with Crippen LogP contribution in [0.5, 0.6) is 11.5 Å². The average Bonchev–Trinajstić information content (AvgIpc) is 3.88. The largest absolute Gasteiger partial charge is 0.454 e. The third-order valence-electron chi connectivity index (χ3n) is 9.07. The highest BCUT2D eigenvalue weighted by Gasteiger charge is 2.15. The van der Waals surface area contributed by atoms with Gasteiger partial charge in [-0.2, -0.15) is 0 Å². The lowest BCUT2D eigenvalue weighted by Gasteiger charge is -2.34. The van der Waals surface area contributed by atoms with Crippen LogP contribution in [0.1, 0.15) is 144 Å². The maximum atomic E-state index is 5.27. The third kappa shape index (κ3) is 28.7. The number of terminal acetylenes is 1. The van der Waals surface area contributed by atoms with Gasteiger partial charge < -0.3 is 19.3 Å². The van der Waals surface area contributed by atoms with Crippen molar-refractivity contribution in [2.24, 2.45) is 5.92 Å². The normalized spacial score (nSPS) is 13.0. The first-order valence-electron chi connectivity index (χ1n) is 21.5. The second kappa shape index (κ2) is 37.3. The first-order valence-corrected chi connectivity index (χ1v) is 21.5. The molecule has 2 aliphatic heterocycles. The summed E-state index contributed by atoms with van der Waals surface area (Å²) < 4.78 is 10.5. The Morgan fingerprint density at radius 2 is 1.08 bits per heavy atom. The lowest BCUT2D eigenvalue weighted by molar-refractivity contribution is 0.174. The molecule has 2 fully saturated rings. The highest BCUT2D eigenvalue weighted by Crippen LogP contribution is 2.34. The molecule has 0 N–H and O–H groups in total. The molecule has 0 bridgehead atoms. The molecule has 4 aromatic carbocycles. The molecule has 334 valence electrons. The predicted molar refractivity (Wildman–Crippen MR) is 272 cm³/mol. The fourth-order valence-electron chi connectivity index (χ4n) is 4.97. The minimum Gasteiger partial charge on any atom is -0.454 e. The summed E-state index contributed by atoms with van der Waals surface area (Å²) >= 11 is 0. The Bertz CT molecular complexity index is 1630. The maximum absolute atomic E-state index is 5.27. The van der Waals surface area contributed by atoms with Gasteiger partial charge in [-0.05, 0) is 107 Å². The van der Waals surface area contributed by atoms with E-state index in [1.807, 2.05) is 83.2 Å². The molecule has 0 atom stereocenters. The summed E-state index contributed by atoms with van der Waals surface area (Å²) in [5.74, 6) is 6.24. The number of allylic oxidation sites excluding steroid dienone is 3. The van der Waals surface area contributed by atoms with Crippen molar-refractivity contribution in [2.45, 2.75) is 130 Å². The molecule has 0 aromatic heterocycles. The Hall–Kier alpha value is -4.72. The summed E-state index contributed by atoms with van der Waals surface area (Å²) in [7, 11) is 2.19. The molecule has 1 saturated heterocycles. The van der Waals surface area contributed by atoms with Crippen LogP contribution >= 0.6 is 0 Å². The van der Waals surface area contributed by atoms with E-state index in [0.29, 0.717) is 18.6 Å². The minimum absolute atomic E-state index is 0. The van der Waals surface area contributed by atoms with Crippen molar-refractivity contribution in [2.75, 3.05) is 44.9 Å². The zero-order valence-corrected chi connectivity index (χ0v) is 39.0. The van der Waals surface area contributed by atoms with E-state index in [1.54, 1.807) is 6.92 Å². The summed E-state index contributed by atoms with van der Waals surface area (Å²) in [6.45, 7) is 32.0. The van der Waals surface area contributed by atoms with Crippen LogP contribution in [0, 0.1) is 32.1 Å². The maximum Gasteiger partial charge on any atom is 0.231 e. The summed E-state index contributed by atoms with van der Waals surface area (Å²) in [6, 6.07) is 33.9. The zero-order chi connectivity index (χ0) is 43.7. The van der Waals surface area contributed by atoms with E-state index in [0.717, 1.165) is 30.5 Å². The molecule has 1 aliphatic carbocycles. The van der Waals surface area contributed by atoms with Gasteiger partial charge in [0.05, 0.1) is 0 Å². The number of rotatable bonds is 4. The van der Waals surface area contributed by atoms with Crippen LogP contribution < -0.4 is 14.4 Å². The van der Waals surface area contributed by atoms with E-state index in [-0.39, 0.29) is 14.9 Å². The number of fused-ring (bicyclic) bond motifs is 1. The first-order chi connectivity index (χ1) is 27.9. The fraction of sp³-hybridized carbons (Fsp3) is 0.464.